The van der Waals surface area contributed by atoms with Gasteiger partial charge in [0.1, 0.15) is 0 Å². The molecule has 0 bridgehead atoms. The summed E-state index contributed by atoms with van der Waals surface area (Å²) in [6.07, 6.45) is 0. The van der Waals surface area contributed by atoms with Crippen LogP contribution in [0.15, 0.2) is 29.3 Å². The summed E-state index contributed by atoms with van der Waals surface area (Å²) in [7, 11) is 3.47. The second kappa shape index (κ2) is 9.58. The van der Waals surface area contributed by atoms with Crippen molar-refractivity contribution in [1.82, 2.24) is 10.6 Å². The van der Waals surface area contributed by atoms with Gasteiger partial charge in [0.25, 0.3) is 0 Å². The van der Waals surface area contributed by atoms with Gasteiger partial charge in [-0.25, -0.2) is 0 Å². The Bertz CT molecular complexity index is 458. The van der Waals surface area contributed by atoms with Crippen molar-refractivity contribution in [2.24, 2.45) is 4.99 Å². The summed E-state index contributed by atoms with van der Waals surface area (Å²) in [4.78, 5) is 6.65. The van der Waals surface area contributed by atoms with Crippen molar-refractivity contribution in [3.63, 3.8) is 0 Å². The fourth-order valence-corrected chi connectivity index (χ4v) is 3.23. The van der Waals surface area contributed by atoms with Crippen LogP contribution in [0.1, 0.15) is 5.56 Å². The summed E-state index contributed by atoms with van der Waals surface area (Å²) in [5, 5.41) is 6.52. The molecular formula is C16H26N4OS. The van der Waals surface area contributed by atoms with Gasteiger partial charge in [0.05, 0.1) is 6.61 Å². The summed E-state index contributed by atoms with van der Waals surface area (Å²) in [5.74, 6) is 3.26. The molecule has 5 nitrogen and oxygen atoms in total. The number of hydrogen-bond acceptors (Lipinski definition) is 4. The number of hydrogen-bond donors (Lipinski definition) is 2. The molecule has 1 aliphatic rings. The van der Waals surface area contributed by atoms with E-state index >= 15 is 0 Å². The molecule has 2 N–H and O–H groups in total. The first-order valence-electron chi connectivity index (χ1n) is 7.68. The predicted octanol–water partition coefficient (Wildman–Crippen LogP) is 1.55. The summed E-state index contributed by atoms with van der Waals surface area (Å²) < 4.78 is 5.02. The molecule has 0 unspecified atom stereocenters. The molecule has 0 amide bonds. The molecule has 0 spiro atoms. The fourth-order valence-electron chi connectivity index (χ4n) is 2.32. The Kier molecular flexibility index (Phi) is 7.39. The maximum atomic E-state index is 5.02. The summed E-state index contributed by atoms with van der Waals surface area (Å²) in [5.41, 5.74) is 2.58. The van der Waals surface area contributed by atoms with E-state index < -0.39 is 0 Å². The van der Waals surface area contributed by atoms with Gasteiger partial charge in [-0.15, -0.1) is 0 Å². The van der Waals surface area contributed by atoms with Gasteiger partial charge in [-0.05, 0) is 17.7 Å². The third kappa shape index (κ3) is 5.42. The lowest BCUT2D eigenvalue weighted by atomic mass is 10.2. The van der Waals surface area contributed by atoms with Crippen LogP contribution in [0.5, 0.6) is 0 Å². The zero-order valence-corrected chi connectivity index (χ0v) is 14.3. The van der Waals surface area contributed by atoms with Crippen molar-refractivity contribution in [2.75, 3.05) is 56.8 Å². The van der Waals surface area contributed by atoms with Gasteiger partial charge in [0.2, 0.25) is 0 Å². The Balaban J connectivity index is 1.80. The smallest absolute Gasteiger partial charge is 0.191 e. The number of benzene rings is 1. The molecule has 1 aromatic carbocycles. The summed E-state index contributed by atoms with van der Waals surface area (Å²) >= 11 is 2.04. The Labute approximate surface area is 137 Å². The quantitative estimate of drug-likeness (QED) is 0.473. The predicted molar refractivity (Wildman–Crippen MR) is 96.1 cm³/mol. The van der Waals surface area contributed by atoms with Crippen molar-refractivity contribution < 1.29 is 4.74 Å². The molecule has 1 saturated heterocycles. The van der Waals surface area contributed by atoms with Crippen LogP contribution in [0.4, 0.5) is 5.69 Å². The molecule has 0 radical (unpaired) electrons. The zero-order chi connectivity index (χ0) is 15.6. The second-order valence-corrected chi connectivity index (χ2v) is 6.34. The number of ether oxygens (including phenoxy) is 1. The Morgan fingerprint density at radius 3 is 2.59 bits per heavy atom. The third-order valence-corrected chi connectivity index (χ3v) is 4.54. The average molecular weight is 322 g/mol. The van der Waals surface area contributed by atoms with E-state index in [9.17, 15) is 0 Å². The average Bonchev–Trinajstić information content (AvgIpc) is 2.59. The highest BCUT2D eigenvalue weighted by molar-refractivity contribution is 7.99. The molecule has 122 valence electrons. The molecule has 0 saturated carbocycles. The van der Waals surface area contributed by atoms with Crippen molar-refractivity contribution in [3.05, 3.63) is 29.8 Å². The van der Waals surface area contributed by atoms with Crippen LogP contribution >= 0.6 is 11.8 Å². The van der Waals surface area contributed by atoms with E-state index in [1.807, 2.05) is 11.8 Å². The first-order chi connectivity index (χ1) is 10.8. The lowest BCUT2D eigenvalue weighted by Crippen LogP contribution is -2.38. The first-order valence-corrected chi connectivity index (χ1v) is 8.84. The van der Waals surface area contributed by atoms with E-state index in [0.717, 1.165) is 32.1 Å². The minimum Gasteiger partial charge on any atom is -0.383 e. The van der Waals surface area contributed by atoms with Crippen LogP contribution in [0.25, 0.3) is 0 Å². The lowest BCUT2D eigenvalue weighted by molar-refractivity contribution is 0.203. The van der Waals surface area contributed by atoms with Gasteiger partial charge < -0.3 is 20.3 Å². The normalized spacial score (nSPS) is 15.7. The zero-order valence-electron chi connectivity index (χ0n) is 13.5. The number of thioether (sulfide) groups is 1. The van der Waals surface area contributed by atoms with Crippen molar-refractivity contribution in [2.45, 2.75) is 6.54 Å². The van der Waals surface area contributed by atoms with Gasteiger partial charge in [-0.1, -0.05) is 12.1 Å². The van der Waals surface area contributed by atoms with Gasteiger partial charge in [0.15, 0.2) is 5.96 Å². The van der Waals surface area contributed by atoms with Crippen LogP contribution in [-0.4, -0.2) is 57.9 Å². The molecule has 22 heavy (non-hydrogen) atoms. The molecule has 0 aromatic heterocycles. The van der Waals surface area contributed by atoms with E-state index in [-0.39, 0.29) is 0 Å². The maximum absolute atomic E-state index is 5.02. The number of aliphatic imine (C=N–C) groups is 1. The van der Waals surface area contributed by atoms with Crippen LogP contribution in [0.2, 0.25) is 0 Å². The second-order valence-electron chi connectivity index (χ2n) is 5.11. The number of nitrogens with one attached hydrogen (secondary N) is 2. The molecule has 1 heterocycles. The van der Waals surface area contributed by atoms with Crippen LogP contribution in [0, 0.1) is 0 Å². The van der Waals surface area contributed by atoms with E-state index in [4.69, 9.17) is 4.74 Å². The highest BCUT2D eigenvalue weighted by atomic mass is 32.2. The molecular weight excluding hydrogens is 296 g/mol. The van der Waals surface area contributed by atoms with E-state index in [0.29, 0.717) is 6.61 Å². The number of methoxy groups -OCH3 is 1. The Morgan fingerprint density at radius 1 is 1.23 bits per heavy atom. The highest BCUT2D eigenvalue weighted by Crippen LogP contribution is 2.19. The Hall–Kier alpha value is -1.40. The third-order valence-electron chi connectivity index (χ3n) is 3.59. The topological polar surface area (TPSA) is 48.9 Å². The van der Waals surface area contributed by atoms with Crippen LogP contribution in [-0.2, 0) is 11.3 Å². The molecule has 1 fully saturated rings. The standard InChI is InChI=1S/C16H26N4OS/c1-17-16(18-7-10-21-2)19-13-14-3-5-15(6-4-14)20-8-11-22-12-9-20/h3-6H,7-13H2,1-2H3,(H2,17,18,19). The van der Waals surface area contributed by atoms with Crippen molar-refractivity contribution >= 4 is 23.4 Å². The molecule has 1 aliphatic heterocycles. The number of guanidine groups is 1. The summed E-state index contributed by atoms with van der Waals surface area (Å²) in [6.45, 7) is 4.49. The Morgan fingerprint density at radius 2 is 1.95 bits per heavy atom. The van der Waals surface area contributed by atoms with Gasteiger partial charge in [-0.2, -0.15) is 11.8 Å². The van der Waals surface area contributed by atoms with E-state index in [2.05, 4.69) is 44.8 Å². The molecule has 0 atom stereocenters. The molecule has 0 aliphatic carbocycles. The van der Waals surface area contributed by atoms with Crippen LogP contribution in [0.3, 0.4) is 0 Å². The van der Waals surface area contributed by atoms with Gasteiger partial charge in [-0.3, -0.25) is 4.99 Å². The number of anilines is 1. The largest absolute Gasteiger partial charge is 0.383 e. The number of rotatable bonds is 6. The monoisotopic (exact) mass is 322 g/mol. The molecule has 2 rings (SSSR count). The fraction of sp³-hybridized carbons (Fsp3) is 0.562. The SMILES string of the molecule is CN=C(NCCOC)NCc1ccc(N2CCSCC2)cc1. The minimum atomic E-state index is 0.670. The maximum Gasteiger partial charge on any atom is 0.191 e. The number of nitrogens with zero attached hydrogens (tertiary/aromatic N) is 2. The minimum absolute atomic E-state index is 0.670. The van der Waals surface area contributed by atoms with Gasteiger partial charge >= 0.3 is 0 Å². The van der Waals surface area contributed by atoms with Crippen molar-refractivity contribution in [3.8, 4) is 0 Å². The van der Waals surface area contributed by atoms with E-state index in [1.165, 1.54) is 22.8 Å². The molecule has 6 heteroatoms. The van der Waals surface area contributed by atoms with E-state index in [1.54, 1.807) is 14.2 Å². The van der Waals surface area contributed by atoms with Gasteiger partial charge in [0, 0.05) is 57.5 Å². The van der Waals surface area contributed by atoms with Crippen molar-refractivity contribution in [1.29, 1.82) is 0 Å². The summed E-state index contributed by atoms with van der Waals surface area (Å²) in [6, 6.07) is 8.81. The lowest BCUT2D eigenvalue weighted by Gasteiger charge is -2.28. The first kappa shape index (κ1) is 17.0. The molecule has 1 aromatic rings. The highest BCUT2D eigenvalue weighted by Gasteiger charge is 2.10. The van der Waals surface area contributed by atoms with Crippen LogP contribution < -0.4 is 15.5 Å².